The summed E-state index contributed by atoms with van der Waals surface area (Å²) in [6, 6.07) is -0.633. The molecule has 8 nitrogen and oxygen atoms in total. The molecule has 2 aliphatic heterocycles. The van der Waals surface area contributed by atoms with Gasteiger partial charge < -0.3 is 25.1 Å². The first kappa shape index (κ1) is 32.9. The molecule has 0 aliphatic carbocycles. The van der Waals surface area contributed by atoms with Crippen LogP contribution in [0.25, 0.3) is 10.4 Å². The standard InChI is InChI=1S/C25H24F9N3O5S/c1-11-3-2-6-37(11)20(40)17-18(43-19(35-17)21(41)36-9-13(38)8-14(39)10-36)15-5-4-12(7-16(15)23(26,27)28)22(42,24(29,30)31)25(32,33)34/h4-5,7,11,13-14,38-39,42H,2-3,6,8-10H2,1H3/t11?,13-,14+. The third-order valence-corrected chi connectivity index (χ3v) is 8.40. The summed E-state index contributed by atoms with van der Waals surface area (Å²) in [6.07, 6.45) is -19.8. The fourth-order valence-corrected chi connectivity index (χ4v) is 6.21. The number of aromatic nitrogens is 1. The molecule has 1 aromatic heterocycles. The molecule has 3 heterocycles. The first-order valence-corrected chi connectivity index (χ1v) is 13.5. The molecule has 2 saturated heterocycles. The van der Waals surface area contributed by atoms with Crippen molar-refractivity contribution >= 4 is 23.2 Å². The lowest BCUT2D eigenvalue weighted by molar-refractivity contribution is -0.376. The van der Waals surface area contributed by atoms with E-state index in [1.165, 1.54) is 4.90 Å². The Morgan fingerprint density at radius 3 is 2.02 bits per heavy atom. The largest absolute Gasteiger partial charge is 0.430 e. The summed E-state index contributed by atoms with van der Waals surface area (Å²) >= 11 is 0.240. The van der Waals surface area contributed by atoms with E-state index in [0.29, 0.717) is 12.8 Å². The van der Waals surface area contributed by atoms with Gasteiger partial charge in [0.25, 0.3) is 17.4 Å². The Kier molecular flexibility index (Phi) is 8.58. The summed E-state index contributed by atoms with van der Waals surface area (Å²) < 4.78 is 123. The summed E-state index contributed by atoms with van der Waals surface area (Å²) in [6.45, 7) is 1.24. The van der Waals surface area contributed by atoms with E-state index >= 15 is 0 Å². The van der Waals surface area contributed by atoms with Crippen LogP contribution in [0.5, 0.6) is 0 Å². The molecule has 3 atom stereocenters. The predicted molar refractivity (Wildman–Crippen MR) is 131 cm³/mol. The molecule has 2 aromatic rings. The Hall–Kier alpha value is -2.96. The van der Waals surface area contributed by atoms with E-state index in [9.17, 15) is 64.4 Å². The molecule has 3 N–H and O–H groups in total. The number of benzene rings is 1. The quantitative estimate of drug-likeness (QED) is 0.425. The summed E-state index contributed by atoms with van der Waals surface area (Å²) in [5, 5.41) is 29.0. The zero-order valence-electron chi connectivity index (χ0n) is 22.0. The van der Waals surface area contributed by atoms with Crippen molar-refractivity contribution in [1.29, 1.82) is 0 Å². The number of carbonyl (C=O) groups excluding carboxylic acids is 2. The van der Waals surface area contributed by atoms with Gasteiger partial charge in [0.05, 0.1) is 22.6 Å². The van der Waals surface area contributed by atoms with Crippen LogP contribution < -0.4 is 0 Å². The van der Waals surface area contributed by atoms with Crippen molar-refractivity contribution in [2.45, 2.75) is 68.6 Å². The van der Waals surface area contributed by atoms with Gasteiger partial charge in [0, 0.05) is 43.2 Å². The number of hydrogen-bond donors (Lipinski definition) is 3. The van der Waals surface area contributed by atoms with Gasteiger partial charge >= 0.3 is 18.5 Å². The maximum Gasteiger partial charge on any atom is 0.430 e. The fourth-order valence-electron chi connectivity index (χ4n) is 5.15. The minimum atomic E-state index is -6.46. The zero-order chi connectivity index (χ0) is 32.3. The van der Waals surface area contributed by atoms with Crippen molar-refractivity contribution in [3.63, 3.8) is 0 Å². The van der Waals surface area contributed by atoms with Gasteiger partial charge in [-0.2, -0.15) is 39.5 Å². The maximum absolute atomic E-state index is 14.2. The second-order valence-electron chi connectivity index (χ2n) is 10.4. The van der Waals surface area contributed by atoms with Gasteiger partial charge in [-0.3, -0.25) is 9.59 Å². The molecule has 1 unspecified atom stereocenters. The normalized spacial score (nSPS) is 22.3. The van der Waals surface area contributed by atoms with Crippen molar-refractivity contribution in [2.75, 3.05) is 19.6 Å². The first-order chi connectivity index (χ1) is 19.7. The molecule has 2 fully saturated rings. The number of piperidine rings is 1. The molecule has 1 aromatic carbocycles. The van der Waals surface area contributed by atoms with E-state index in [2.05, 4.69) is 4.98 Å². The third-order valence-electron chi connectivity index (χ3n) is 7.33. The van der Waals surface area contributed by atoms with Crippen LogP contribution in [0.3, 0.4) is 0 Å². The zero-order valence-corrected chi connectivity index (χ0v) is 22.8. The van der Waals surface area contributed by atoms with Crippen molar-refractivity contribution in [3.8, 4) is 10.4 Å². The number of carbonyl (C=O) groups is 2. The number of nitrogens with zero attached hydrogens (tertiary/aromatic N) is 3. The van der Waals surface area contributed by atoms with Crippen LogP contribution in [-0.2, 0) is 11.8 Å². The highest BCUT2D eigenvalue weighted by molar-refractivity contribution is 7.17. The van der Waals surface area contributed by atoms with E-state index < -0.39 is 92.5 Å². The lowest BCUT2D eigenvalue weighted by Gasteiger charge is -2.33. The second-order valence-corrected chi connectivity index (χ2v) is 11.4. The number of likely N-dealkylation sites (tertiary alicyclic amines) is 2. The molecular formula is C25H24F9N3O5S. The van der Waals surface area contributed by atoms with E-state index in [1.54, 1.807) is 6.92 Å². The van der Waals surface area contributed by atoms with E-state index in [4.69, 9.17) is 0 Å². The van der Waals surface area contributed by atoms with Crippen molar-refractivity contribution < 1.29 is 64.4 Å². The van der Waals surface area contributed by atoms with Gasteiger partial charge in [0.15, 0.2) is 5.01 Å². The van der Waals surface area contributed by atoms with Gasteiger partial charge in [0.1, 0.15) is 5.69 Å². The number of halogens is 9. The molecule has 0 radical (unpaired) electrons. The molecular weight excluding hydrogens is 625 g/mol. The van der Waals surface area contributed by atoms with Gasteiger partial charge in [-0.05, 0) is 25.8 Å². The number of β-amino-alcohol motifs (C(OH)–C–C–N with tert-alkyl or cyclic N) is 2. The van der Waals surface area contributed by atoms with E-state index in [0.717, 1.165) is 4.90 Å². The van der Waals surface area contributed by atoms with Crippen LogP contribution >= 0.6 is 11.3 Å². The summed E-state index contributed by atoms with van der Waals surface area (Å²) in [5.41, 5.74) is -11.6. The first-order valence-electron chi connectivity index (χ1n) is 12.7. The van der Waals surface area contributed by atoms with Crippen LogP contribution in [0.15, 0.2) is 18.2 Å². The Labute approximate surface area is 241 Å². The van der Waals surface area contributed by atoms with E-state index in [-0.39, 0.29) is 49.5 Å². The number of amides is 2. The van der Waals surface area contributed by atoms with Gasteiger partial charge in [-0.1, -0.05) is 12.1 Å². The average Bonchev–Trinajstić information content (AvgIpc) is 3.51. The van der Waals surface area contributed by atoms with Gasteiger partial charge in [-0.25, -0.2) is 4.98 Å². The number of rotatable bonds is 4. The molecule has 0 saturated carbocycles. The fraction of sp³-hybridized carbons (Fsp3) is 0.560. The predicted octanol–water partition coefficient (Wildman–Crippen LogP) is 4.33. The van der Waals surface area contributed by atoms with Crippen LogP contribution in [-0.4, -0.2) is 92.2 Å². The lowest BCUT2D eigenvalue weighted by atomic mass is 9.88. The number of hydrogen-bond acceptors (Lipinski definition) is 7. The summed E-state index contributed by atoms with van der Waals surface area (Å²) in [4.78, 5) is 32.2. The van der Waals surface area contributed by atoms with Crippen molar-refractivity contribution in [3.05, 3.63) is 40.0 Å². The van der Waals surface area contributed by atoms with Crippen LogP contribution in [0.2, 0.25) is 0 Å². The van der Waals surface area contributed by atoms with Crippen LogP contribution in [0.4, 0.5) is 39.5 Å². The Morgan fingerprint density at radius 2 is 1.53 bits per heavy atom. The average molecular weight is 650 g/mol. The minimum absolute atomic E-state index is 0.0108. The molecule has 18 heteroatoms. The lowest BCUT2D eigenvalue weighted by Crippen LogP contribution is -2.54. The smallest absolute Gasteiger partial charge is 0.391 e. The molecule has 2 aliphatic rings. The number of alkyl halides is 9. The highest BCUT2D eigenvalue weighted by Gasteiger charge is 2.71. The van der Waals surface area contributed by atoms with E-state index in [1.807, 2.05) is 0 Å². The monoisotopic (exact) mass is 649 g/mol. The topological polar surface area (TPSA) is 114 Å². The molecule has 2 amide bonds. The Bertz CT molecular complexity index is 1370. The van der Waals surface area contributed by atoms with Crippen molar-refractivity contribution in [2.24, 2.45) is 0 Å². The molecule has 238 valence electrons. The van der Waals surface area contributed by atoms with Crippen molar-refractivity contribution in [1.82, 2.24) is 14.8 Å². The van der Waals surface area contributed by atoms with Gasteiger partial charge in [0.2, 0.25) is 0 Å². The highest BCUT2D eigenvalue weighted by Crippen LogP contribution is 2.52. The highest BCUT2D eigenvalue weighted by atomic mass is 32.1. The Balaban J connectivity index is 1.92. The summed E-state index contributed by atoms with van der Waals surface area (Å²) in [7, 11) is 0. The molecule has 4 rings (SSSR count). The SMILES string of the molecule is CC1CCCN1C(=O)c1nc(C(=O)N2C[C@H](O)C[C@H](O)C2)sc1-c1ccc(C(O)(C(F)(F)F)C(F)(F)F)cc1C(F)(F)F. The molecule has 0 spiro atoms. The third kappa shape index (κ3) is 6.06. The van der Waals surface area contributed by atoms with Gasteiger partial charge in [-0.15, -0.1) is 11.3 Å². The van der Waals surface area contributed by atoms with Crippen LogP contribution in [0, 0.1) is 0 Å². The Morgan fingerprint density at radius 1 is 0.953 bits per heavy atom. The summed E-state index contributed by atoms with van der Waals surface area (Å²) in [5.74, 6) is -1.90. The second kappa shape index (κ2) is 11.2. The van der Waals surface area contributed by atoms with Crippen LogP contribution in [0.1, 0.15) is 57.6 Å². The molecule has 43 heavy (non-hydrogen) atoms. The molecule has 0 bridgehead atoms. The maximum atomic E-state index is 14.2. The number of aliphatic hydroxyl groups is 3. The number of aliphatic hydroxyl groups excluding tert-OH is 2. The minimum Gasteiger partial charge on any atom is -0.391 e. The number of thiazole rings is 1.